The summed E-state index contributed by atoms with van der Waals surface area (Å²) in [6.07, 6.45) is 3.31. The van der Waals surface area contributed by atoms with E-state index in [-0.39, 0.29) is 11.9 Å². The van der Waals surface area contributed by atoms with E-state index in [9.17, 15) is 4.79 Å². The van der Waals surface area contributed by atoms with Crippen LogP contribution in [0.15, 0.2) is 30.3 Å². The lowest BCUT2D eigenvalue weighted by Gasteiger charge is -2.22. The minimum Gasteiger partial charge on any atom is -0.332 e. The van der Waals surface area contributed by atoms with Crippen molar-refractivity contribution in [1.82, 2.24) is 20.1 Å². The van der Waals surface area contributed by atoms with Crippen LogP contribution >= 0.6 is 0 Å². The van der Waals surface area contributed by atoms with Crippen LogP contribution < -0.4 is 0 Å². The number of aryl methyl sites for hydroxylation is 2. The molecule has 1 N–H and O–H groups in total. The molecule has 110 valence electrons. The maximum absolute atomic E-state index is 12.5. The number of nitrogens with one attached hydrogen (secondary N) is 1. The van der Waals surface area contributed by atoms with Crippen LogP contribution in [-0.4, -0.2) is 32.5 Å². The first-order valence-electron chi connectivity index (χ1n) is 7.46. The van der Waals surface area contributed by atoms with Crippen molar-refractivity contribution < 1.29 is 4.79 Å². The first-order chi connectivity index (χ1) is 10.2. The number of rotatable bonds is 4. The first kappa shape index (κ1) is 13.8. The Kier molecular flexibility index (Phi) is 3.99. The van der Waals surface area contributed by atoms with E-state index in [1.165, 1.54) is 5.56 Å². The molecule has 0 aliphatic carbocycles. The summed E-state index contributed by atoms with van der Waals surface area (Å²) in [7, 11) is 0. The van der Waals surface area contributed by atoms with Crippen molar-refractivity contribution in [2.24, 2.45) is 0 Å². The highest BCUT2D eigenvalue weighted by Gasteiger charge is 2.32. The molecule has 0 spiro atoms. The average Bonchev–Trinajstić information content (AvgIpc) is 3.14. The third kappa shape index (κ3) is 3.12. The smallest absolute Gasteiger partial charge is 0.223 e. The lowest BCUT2D eigenvalue weighted by Crippen LogP contribution is -2.31. The Morgan fingerprint density at radius 1 is 1.38 bits per heavy atom. The molecule has 0 bridgehead atoms. The lowest BCUT2D eigenvalue weighted by atomic mass is 10.1. The second-order valence-electron chi connectivity index (χ2n) is 5.51. The second kappa shape index (κ2) is 6.08. The molecule has 5 heteroatoms. The minimum absolute atomic E-state index is 0.0400. The summed E-state index contributed by atoms with van der Waals surface area (Å²) in [5.74, 6) is 1.75. The van der Waals surface area contributed by atoms with Crippen molar-refractivity contribution >= 4 is 5.91 Å². The fourth-order valence-electron chi connectivity index (χ4n) is 2.88. The molecule has 1 amide bonds. The van der Waals surface area contributed by atoms with Gasteiger partial charge in [0.05, 0.1) is 6.04 Å². The molecule has 0 unspecified atom stereocenters. The Hall–Kier alpha value is -2.17. The van der Waals surface area contributed by atoms with Gasteiger partial charge in [0.15, 0.2) is 5.82 Å². The largest absolute Gasteiger partial charge is 0.332 e. The van der Waals surface area contributed by atoms with Crippen LogP contribution in [0, 0.1) is 6.92 Å². The van der Waals surface area contributed by atoms with E-state index < -0.39 is 0 Å². The fraction of sp³-hybridized carbons (Fsp3) is 0.438. The van der Waals surface area contributed by atoms with Gasteiger partial charge in [-0.1, -0.05) is 30.3 Å². The molecule has 0 radical (unpaired) electrons. The Bertz CT molecular complexity index is 608. The predicted octanol–water partition coefficient (Wildman–Crippen LogP) is 2.41. The lowest BCUT2D eigenvalue weighted by molar-refractivity contribution is -0.132. The standard InChI is InChI=1S/C16H20N4O/c1-12-17-16(19-18-12)14-8-5-11-20(14)15(21)10-9-13-6-3-2-4-7-13/h2-4,6-7,14H,5,8-11H2,1H3,(H,17,18,19)/t14-/m0/s1. The molecule has 1 aliphatic heterocycles. The summed E-state index contributed by atoms with van der Waals surface area (Å²) in [6.45, 7) is 2.69. The van der Waals surface area contributed by atoms with Crippen LogP contribution in [0.4, 0.5) is 0 Å². The van der Waals surface area contributed by atoms with Gasteiger partial charge in [-0.3, -0.25) is 9.89 Å². The van der Waals surface area contributed by atoms with E-state index >= 15 is 0 Å². The van der Waals surface area contributed by atoms with E-state index in [0.29, 0.717) is 6.42 Å². The number of amides is 1. The maximum Gasteiger partial charge on any atom is 0.223 e. The van der Waals surface area contributed by atoms with Crippen LogP contribution in [0.25, 0.3) is 0 Å². The third-order valence-corrected chi connectivity index (χ3v) is 3.96. The molecule has 0 saturated carbocycles. The molecule has 1 atom stereocenters. The third-order valence-electron chi connectivity index (χ3n) is 3.96. The van der Waals surface area contributed by atoms with Gasteiger partial charge in [0, 0.05) is 13.0 Å². The minimum atomic E-state index is 0.0400. The summed E-state index contributed by atoms with van der Waals surface area (Å²) < 4.78 is 0. The van der Waals surface area contributed by atoms with E-state index in [1.807, 2.05) is 30.0 Å². The Morgan fingerprint density at radius 2 is 2.19 bits per heavy atom. The molecule has 2 heterocycles. The van der Waals surface area contributed by atoms with Gasteiger partial charge in [-0.05, 0) is 31.7 Å². The summed E-state index contributed by atoms with van der Waals surface area (Å²) >= 11 is 0. The molecule has 21 heavy (non-hydrogen) atoms. The average molecular weight is 284 g/mol. The number of carbonyl (C=O) groups is 1. The quantitative estimate of drug-likeness (QED) is 0.937. The molecule has 2 aromatic rings. The molecule has 5 nitrogen and oxygen atoms in total. The topological polar surface area (TPSA) is 61.9 Å². The molecule has 1 aliphatic rings. The Morgan fingerprint density at radius 3 is 2.90 bits per heavy atom. The monoisotopic (exact) mass is 284 g/mol. The van der Waals surface area contributed by atoms with Crippen molar-refractivity contribution in [3.05, 3.63) is 47.5 Å². The summed E-state index contributed by atoms with van der Waals surface area (Å²) in [5, 5.41) is 7.08. The van der Waals surface area contributed by atoms with Gasteiger partial charge in [0.25, 0.3) is 0 Å². The molecule has 1 aromatic carbocycles. The van der Waals surface area contributed by atoms with Gasteiger partial charge in [-0.25, -0.2) is 4.98 Å². The van der Waals surface area contributed by atoms with E-state index in [1.54, 1.807) is 0 Å². The van der Waals surface area contributed by atoms with Crippen LogP contribution in [0.1, 0.15) is 42.5 Å². The Labute approximate surface area is 124 Å². The van der Waals surface area contributed by atoms with Gasteiger partial charge < -0.3 is 4.90 Å². The molecular formula is C16H20N4O. The van der Waals surface area contributed by atoms with E-state index in [0.717, 1.165) is 37.5 Å². The molecule has 3 rings (SSSR count). The van der Waals surface area contributed by atoms with Crippen molar-refractivity contribution in [2.45, 2.75) is 38.6 Å². The summed E-state index contributed by atoms with van der Waals surface area (Å²) in [6, 6.07) is 10.2. The van der Waals surface area contributed by atoms with Gasteiger partial charge >= 0.3 is 0 Å². The normalized spacial score (nSPS) is 18.1. The summed E-state index contributed by atoms with van der Waals surface area (Å²) in [4.78, 5) is 18.8. The highest BCUT2D eigenvalue weighted by Crippen LogP contribution is 2.30. The number of nitrogens with zero attached hydrogens (tertiary/aromatic N) is 3. The number of hydrogen-bond donors (Lipinski definition) is 1. The van der Waals surface area contributed by atoms with Crippen LogP contribution in [0.5, 0.6) is 0 Å². The highest BCUT2D eigenvalue weighted by atomic mass is 16.2. The van der Waals surface area contributed by atoms with Gasteiger partial charge in [0.2, 0.25) is 5.91 Å². The summed E-state index contributed by atoms with van der Waals surface area (Å²) in [5.41, 5.74) is 1.20. The number of aromatic amines is 1. The number of H-pyrrole nitrogens is 1. The van der Waals surface area contributed by atoms with Gasteiger partial charge in [-0.2, -0.15) is 5.10 Å². The maximum atomic E-state index is 12.5. The van der Waals surface area contributed by atoms with E-state index in [4.69, 9.17) is 0 Å². The van der Waals surface area contributed by atoms with Gasteiger partial charge in [0.1, 0.15) is 5.82 Å². The molecular weight excluding hydrogens is 264 g/mol. The SMILES string of the molecule is Cc1nc([C@@H]2CCCN2C(=O)CCc2ccccc2)n[nH]1. The fourth-order valence-corrected chi connectivity index (χ4v) is 2.88. The van der Waals surface area contributed by atoms with Crippen molar-refractivity contribution in [1.29, 1.82) is 0 Å². The number of carbonyl (C=O) groups excluding carboxylic acids is 1. The predicted molar refractivity (Wildman–Crippen MR) is 79.6 cm³/mol. The van der Waals surface area contributed by atoms with Crippen molar-refractivity contribution in [3.8, 4) is 0 Å². The van der Waals surface area contributed by atoms with E-state index in [2.05, 4.69) is 27.3 Å². The number of benzene rings is 1. The molecule has 1 fully saturated rings. The zero-order valence-electron chi connectivity index (χ0n) is 12.2. The van der Waals surface area contributed by atoms with Crippen molar-refractivity contribution in [3.63, 3.8) is 0 Å². The zero-order valence-corrected chi connectivity index (χ0v) is 12.2. The number of likely N-dealkylation sites (tertiary alicyclic amines) is 1. The Balaban J connectivity index is 1.63. The number of hydrogen-bond acceptors (Lipinski definition) is 3. The van der Waals surface area contributed by atoms with Crippen molar-refractivity contribution in [2.75, 3.05) is 6.54 Å². The van der Waals surface area contributed by atoms with Gasteiger partial charge in [-0.15, -0.1) is 0 Å². The second-order valence-corrected chi connectivity index (χ2v) is 5.51. The van der Waals surface area contributed by atoms with Crippen LogP contribution in [-0.2, 0) is 11.2 Å². The first-order valence-corrected chi connectivity index (χ1v) is 7.46. The molecule has 1 aromatic heterocycles. The zero-order chi connectivity index (χ0) is 14.7. The molecule has 1 saturated heterocycles. The highest BCUT2D eigenvalue weighted by molar-refractivity contribution is 5.77. The van der Waals surface area contributed by atoms with Crippen LogP contribution in [0.3, 0.4) is 0 Å². The number of aromatic nitrogens is 3. The van der Waals surface area contributed by atoms with Crippen LogP contribution in [0.2, 0.25) is 0 Å².